The quantitative estimate of drug-likeness (QED) is 0.357. The lowest BCUT2D eigenvalue weighted by Gasteiger charge is -2.36. The maximum Gasteiger partial charge on any atom is 0.338 e. The lowest BCUT2D eigenvalue weighted by molar-refractivity contribution is -0.152. The van der Waals surface area contributed by atoms with Crippen molar-refractivity contribution in [2.75, 3.05) is 0 Å². The first kappa shape index (κ1) is 16.4. The van der Waals surface area contributed by atoms with E-state index in [4.69, 9.17) is 14.2 Å². The molecule has 0 radical (unpaired) electrons. The summed E-state index contributed by atoms with van der Waals surface area (Å²) in [6, 6.07) is 0. The van der Waals surface area contributed by atoms with Gasteiger partial charge in [0, 0.05) is 17.6 Å². The second kappa shape index (κ2) is 5.46. The minimum atomic E-state index is -0.808. The summed E-state index contributed by atoms with van der Waals surface area (Å²) < 4.78 is 16.1. The molecule has 0 bridgehead atoms. The number of hydrogen-bond donors (Lipinski definition) is 1. The minimum absolute atomic E-state index is 0.0919. The maximum atomic E-state index is 12.3. The molecule has 1 saturated heterocycles. The molecule has 2 unspecified atom stereocenters. The van der Waals surface area contributed by atoms with E-state index < -0.39 is 24.3 Å². The normalized spacial score (nSPS) is 37.6. The highest BCUT2D eigenvalue weighted by atomic mass is 16.7. The molecular weight excluding hydrogens is 324 g/mol. The van der Waals surface area contributed by atoms with E-state index >= 15 is 0 Å². The Morgan fingerprint density at radius 2 is 2.04 bits per heavy atom. The van der Waals surface area contributed by atoms with Crippen molar-refractivity contribution >= 4 is 11.9 Å². The highest BCUT2D eigenvalue weighted by Gasteiger charge is 2.53. The van der Waals surface area contributed by atoms with E-state index in [1.54, 1.807) is 13.0 Å². The number of ether oxygens (including phenoxy) is 3. The van der Waals surface area contributed by atoms with Gasteiger partial charge in [0.2, 0.25) is 0 Å². The van der Waals surface area contributed by atoms with Gasteiger partial charge >= 0.3 is 11.9 Å². The molecule has 2 heterocycles. The van der Waals surface area contributed by atoms with Crippen LogP contribution in [-0.4, -0.2) is 35.5 Å². The topological polar surface area (TPSA) is 82.1 Å². The van der Waals surface area contributed by atoms with Gasteiger partial charge in [-0.05, 0) is 42.7 Å². The lowest BCUT2D eigenvalue weighted by atomic mass is 9.71. The second-order valence-corrected chi connectivity index (χ2v) is 7.85. The highest BCUT2D eigenvalue weighted by molar-refractivity contribution is 5.92. The molecule has 25 heavy (non-hydrogen) atoms. The molecule has 0 aromatic carbocycles. The molecule has 0 aromatic rings. The average Bonchev–Trinajstić information content (AvgIpc) is 3.15. The van der Waals surface area contributed by atoms with Crippen molar-refractivity contribution in [2.24, 2.45) is 11.3 Å². The second-order valence-electron chi connectivity index (χ2n) is 7.85. The molecule has 0 aromatic heterocycles. The number of carbonyl (C=O) groups excluding carboxylic acids is 2. The summed E-state index contributed by atoms with van der Waals surface area (Å²) >= 11 is 0. The molecule has 2 aliphatic heterocycles. The number of carbonyl (C=O) groups is 2. The van der Waals surface area contributed by atoms with Crippen molar-refractivity contribution in [3.05, 3.63) is 34.6 Å². The van der Waals surface area contributed by atoms with E-state index in [0.717, 1.165) is 24.0 Å². The van der Waals surface area contributed by atoms with Crippen molar-refractivity contribution in [2.45, 2.75) is 58.5 Å². The number of rotatable bonds is 2. The Balaban J connectivity index is 1.57. The molecule has 1 N–H and O–H groups in total. The van der Waals surface area contributed by atoms with Crippen LogP contribution in [0.1, 0.15) is 40.0 Å². The molecule has 0 saturated carbocycles. The Bertz CT molecular complexity index is 741. The summed E-state index contributed by atoms with van der Waals surface area (Å²) in [7, 11) is 0. The van der Waals surface area contributed by atoms with E-state index in [-0.39, 0.29) is 17.4 Å². The van der Waals surface area contributed by atoms with Crippen LogP contribution in [0.25, 0.3) is 0 Å². The standard InChI is InChI=1S/C19H22O6/c1-9-6-14(24-17(9)21)23-8-12-10-7-11-13(20)4-5-19(2,3)15(11)16(10)25-18(12)22/h6,8,10,13-14,16,20H,4-5,7H2,1-3H3/b12-8+/t10-,13+,14?,16?/m1/s1. The molecular formula is C19H22O6. The van der Waals surface area contributed by atoms with Crippen LogP contribution in [-0.2, 0) is 23.8 Å². The first-order valence-electron chi connectivity index (χ1n) is 8.65. The highest BCUT2D eigenvalue weighted by Crippen LogP contribution is 2.54. The van der Waals surface area contributed by atoms with Crippen LogP contribution in [0.15, 0.2) is 34.6 Å². The number of aliphatic hydroxyl groups is 1. The smallest absolute Gasteiger partial charge is 0.338 e. The van der Waals surface area contributed by atoms with E-state index in [0.29, 0.717) is 17.6 Å². The molecule has 6 heteroatoms. The Morgan fingerprint density at radius 3 is 2.72 bits per heavy atom. The van der Waals surface area contributed by atoms with Gasteiger partial charge in [-0.1, -0.05) is 13.8 Å². The Labute approximate surface area is 146 Å². The van der Waals surface area contributed by atoms with E-state index in [1.807, 2.05) is 0 Å². The lowest BCUT2D eigenvalue weighted by Crippen LogP contribution is -2.31. The first-order valence-corrected chi connectivity index (χ1v) is 8.65. The van der Waals surface area contributed by atoms with Gasteiger partial charge in [0.1, 0.15) is 6.10 Å². The number of cyclic esters (lactones) is 1. The average molecular weight is 346 g/mol. The zero-order chi connectivity index (χ0) is 17.9. The minimum Gasteiger partial charge on any atom is -0.458 e. The largest absolute Gasteiger partial charge is 0.458 e. The van der Waals surface area contributed by atoms with Crippen molar-refractivity contribution in [3.8, 4) is 0 Å². The first-order chi connectivity index (χ1) is 11.8. The predicted octanol–water partition coefficient (Wildman–Crippen LogP) is 2.14. The summed E-state index contributed by atoms with van der Waals surface area (Å²) in [6.07, 6.45) is 3.53. The molecule has 4 atom stereocenters. The monoisotopic (exact) mass is 346 g/mol. The molecule has 4 aliphatic rings. The van der Waals surface area contributed by atoms with Gasteiger partial charge in [0.25, 0.3) is 6.29 Å². The maximum absolute atomic E-state index is 12.3. The Hall–Kier alpha value is -2.08. The third-order valence-corrected chi connectivity index (χ3v) is 5.74. The van der Waals surface area contributed by atoms with Gasteiger partial charge in [0.05, 0.1) is 17.9 Å². The number of fused-ring (bicyclic) bond motifs is 2. The van der Waals surface area contributed by atoms with Gasteiger partial charge in [-0.2, -0.15) is 0 Å². The fourth-order valence-corrected chi connectivity index (χ4v) is 4.38. The molecule has 134 valence electrons. The predicted molar refractivity (Wildman–Crippen MR) is 86.8 cm³/mol. The van der Waals surface area contributed by atoms with Crippen LogP contribution in [0.2, 0.25) is 0 Å². The molecule has 1 fully saturated rings. The van der Waals surface area contributed by atoms with E-state index in [1.165, 1.54) is 6.26 Å². The summed E-state index contributed by atoms with van der Waals surface area (Å²) in [4.78, 5) is 23.7. The number of hydrogen-bond acceptors (Lipinski definition) is 6. The summed E-state index contributed by atoms with van der Waals surface area (Å²) in [6.45, 7) is 5.92. The van der Waals surface area contributed by atoms with Crippen LogP contribution >= 0.6 is 0 Å². The molecule has 0 amide bonds. The molecule has 4 rings (SSSR count). The van der Waals surface area contributed by atoms with E-state index in [2.05, 4.69) is 13.8 Å². The van der Waals surface area contributed by atoms with Gasteiger partial charge in [-0.25, -0.2) is 9.59 Å². The van der Waals surface area contributed by atoms with Crippen LogP contribution < -0.4 is 0 Å². The van der Waals surface area contributed by atoms with Gasteiger partial charge in [-0.15, -0.1) is 0 Å². The van der Waals surface area contributed by atoms with Crippen LogP contribution in [0.5, 0.6) is 0 Å². The summed E-state index contributed by atoms with van der Waals surface area (Å²) in [5.74, 6) is -0.965. The van der Waals surface area contributed by atoms with Gasteiger partial charge in [-0.3, -0.25) is 0 Å². The third-order valence-electron chi connectivity index (χ3n) is 5.74. The SMILES string of the molecule is CC1=CC(O/C=C2/C(=O)OC3C4=C(C[C@H]23)[C@@H](O)CCC4(C)C)OC1=O. The van der Waals surface area contributed by atoms with Crippen LogP contribution in [0.3, 0.4) is 0 Å². The Morgan fingerprint density at radius 1 is 1.28 bits per heavy atom. The van der Waals surface area contributed by atoms with Gasteiger partial charge in [0.15, 0.2) is 0 Å². The van der Waals surface area contributed by atoms with Crippen molar-refractivity contribution in [1.82, 2.24) is 0 Å². The number of esters is 2. The zero-order valence-corrected chi connectivity index (χ0v) is 14.6. The number of aliphatic hydroxyl groups excluding tert-OH is 1. The molecule has 0 spiro atoms. The molecule has 2 aliphatic carbocycles. The summed E-state index contributed by atoms with van der Waals surface area (Å²) in [5.41, 5.74) is 2.91. The van der Waals surface area contributed by atoms with Crippen LogP contribution in [0.4, 0.5) is 0 Å². The third kappa shape index (κ3) is 2.51. The van der Waals surface area contributed by atoms with Crippen molar-refractivity contribution in [1.29, 1.82) is 0 Å². The summed E-state index contributed by atoms with van der Waals surface area (Å²) in [5, 5.41) is 10.4. The fraction of sp³-hybridized carbons (Fsp3) is 0.579. The van der Waals surface area contributed by atoms with Crippen LogP contribution in [0, 0.1) is 11.3 Å². The molecule has 6 nitrogen and oxygen atoms in total. The van der Waals surface area contributed by atoms with Crippen molar-refractivity contribution < 1.29 is 28.9 Å². The van der Waals surface area contributed by atoms with Gasteiger partial charge < -0.3 is 19.3 Å². The fourth-order valence-electron chi connectivity index (χ4n) is 4.38. The van der Waals surface area contributed by atoms with E-state index in [9.17, 15) is 14.7 Å². The van der Waals surface area contributed by atoms with Crippen molar-refractivity contribution in [3.63, 3.8) is 0 Å². The Kier molecular flexibility index (Phi) is 3.58. The zero-order valence-electron chi connectivity index (χ0n) is 14.6.